The fourth-order valence-corrected chi connectivity index (χ4v) is 2.11. The molecule has 0 aromatic heterocycles. The van der Waals surface area contributed by atoms with E-state index in [1.807, 2.05) is 18.2 Å². The number of aliphatic carboxylic acids is 1. The summed E-state index contributed by atoms with van der Waals surface area (Å²) in [6.45, 7) is 2.51. The summed E-state index contributed by atoms with van der Waals surface area (Å²) in [5, 5.41) is 8.54. The second-order valence-electron chi connectivity index (χ2n) is 4.34. The molecule has 1 saturated heterocycles. The van der Waals surface area contributed by atoms with E-state index in [0.29, 0.717) is 0 Å². The van der Waals surface area contributed by atoms with E-state index in [1.54, 1.807) is 0 Å². The first kappa shape index (κ1) is 12.1. The first-order valence-electron chi connectivity index (χ1n) is 5.84. The van der Waals surface area contributed by atoms with Crippen molar-refractivity contribution < 1.29 is 14.6 Å². The molecule has 1 aromatic carbocycles. The Morgan fingerprint density at radius 3 is 2.88 bits per heavy atom. The summed E-state index contributed by atoms with van der Waals surface area (Å²) < 4.78 is 5.29. The van der Waals surface area contributed by atoms with Gasteiger partial charge in [-0.15, -0.1) is 0 Å². The normalized spacial score (nSPS) is 20.6. The molecule has 1 atom stereocenters. The molecule has 1 fully saturated rings. The molecule has 0 aliphatic carbocycles. The number of benzene rings is 1. The number of rotatable bonds is 5. The number of carboxylic acids is 1. The van der Waals surface area contributed by atoms with E-state index < -0.39 is 5.97 Å². The monoisotopic (exact) mass is 235 g/mol. The van der Waals surface area contributed by atoms with Crippen LogP contribution in [0.25, 0.3) is 0 Å². The van der Waals surface area contributed by atoms with Gasteiger partial charge in [0.1, 0.15) is 6.61 Å². The minimum atomic E-state index is -0.897. The maximum absolute atomic E-state index is 10.4. The van der Waals surface area contributed by atoms with E-state index in [9.17, 15) is 4.79 Å². The van der Waals surface area contributed by atoms with Crippen LogP contribution in [-0.4, -0.2) is 41.8 Å². The molecule has 0 saturated carbocycles. The van der Waals surface area contributed by atoms with Crippen molar-refractivity contribution in [2.75, 3.05) is 19.7 Å². The Kier molecular flexibility index (Phi) is 4.12. The van der Waals surface area contributed by atoms with Gasteiger partial charge in [-0.1, -0.05) is 30.3 Å². The van der Waals surface area contributed by atoms with Crippen LogP contribution in [0.2, 0.25) is 0 Å². The first-order chi connectivity index (χ1) is 8.24. The Balaban J connectivity index is 1.76. The average molecular weight is 235 g/mol. The predicted octanol–water partition coefficient (Wildman–Crippen LogP) is 1.36. The molecule has 4 nitrogen and oxygen atoms in total. The van der Waals surface area contributed by atoms with Crippen molar-refractivity contribution in [3.05, 3.63) is 35.9 Å². The summed E-state index contributed by atoms with van der Waals surface area (Å²) in [4.78, 5) is 12.7. The van der Waals surface area contributed by atoms with Gasteiger partial charge in [-0.2, -0.15) is 0 Å². The maximum Gasteiger partial charge on any atom is 0.329 e. The Bertz CT molecular complexity index is 366. The van der Waals surface area contributed by atoms with Crippen LogP contribution in [0, 0.1) is 0 Å². The fourth-order valence-electron chi connectivity index (χ4n) is 2.11. The Morgan fingerprint density at radius 2 is 2.18 bits per heavy atom. The zero-order chi connectivity index (χ0) is 12.1. The third-order valence-electron chi connectivity index (χ3n) is 2.92. The van der Waals surface area contributed by atoms with Crippen LogP contribution in [0.5, 0.6) is 0 Å². The zero-order valence-corrected chi connectivity index (χ0v) is 9.71. The number of hydrogen-bond acceptors (Lipinski definition) is 3. The lowest BCUT2D eigenvalue weighted by Gasteiger charge is -2.15. The van der Waals surface area contributed by atoms with Gasteiger partial charge in [-0.3, -0.25) is 4.90 Å². The Labute approximate surface area is 101 Å². The summed E-state index contributed by atoms with van der Waals surface area (Å²) in [6.07, 6.45) is 0.981. The standard InChI is InChI=1S/C13H17NO3/c15-13(16)10-17-12-6-7-14(9-12)8-11-4-2-1-3-5-11/h1-5,12H,6-10H2,(H,15,16). The smallest absolute Gasteiger partial charge is 0.329 e. The summed E-state index contributed by atoms with van der Waals surface area (Å²) in [7, 11) is 0. The number of carbonyl (C=O) groups is 1. The third kappa shape index (κ3) is 3.84. The van der Waals surface area contributed by atoms with Crippen LogP contribution >= 0.6 is 0 Å². The fraction of sp³-hybridized carbons (Fsp3) is 0.462. The maximum atomic E-state index is 10.4. The van der Waals surface area contributed by atoms with Gasteiger partial charge in [0, 0.05) is 19.6 Å². The van der Waals surface area contributed by atoms with Gasteiger partial charge in [0.15, 0.2) is 0 Å². The van der Waals surface area contributed by atoms with Crippen LogP contribution in [-0.2, 0) is 16.1 Å². The molecule has 0 radical (unpaired) electrons. The number of nitrogens with zero attached hydrogens (tertiary/aromatic N) is 1. The summed E-state index contributed by atoms with van der Waals surface area (Å²) in [6, 6.07) is 10.3. The minimum Gasteiger partial charge on any atom is -0.480 e. The van der Waals surface area contributed by atoms with Gasteiger partial charge in [0.05, 0.1) is 6.10 Å². The van der Waals surface area contributed by atoms with Crippen molar-refractivity contribution in [3.8, 4) is 0 Å². The van der Waals surface area contributed by atoms with Gasteiger partial charge < -0.3 is 9.84 Å². The Morgan fingerprint density at radius 1 is 1.41 bits per heavy atom. The molecule has 1 N–H and O–H groups in total. The minimum absolute atomic E-state index is 0.0646. The summed E-state index contributed by atoms with van der Waals surface area (Å²) >= 11 is 0. The predicted molar refractivity (Wildman–Crippen MR) is 63.7 cm³/mol. The van der Waals surface area contributed by atoms with Crippen LogP contribution < -0.4 is 0 Å². The molecular formula is C13H17NO3. The number of likely N-dealkylation sites (tertiary alicyclic amines) is 1. The molecule has 17 heavy (non-hydrogen) atoms. The third-order valence-corrected chi connectivity index (χ3v) is 2.92. The molecule has 2 rings (SSSR count). The van der Waals surface area contributed by atoms with Crippen LogP contribution in [0.4, 0.5) is 0 Å². The summed E-state index contributed by atoms with van der Waals surface area (Å²) in [5.74, 6) is -0.897. The molecule has 1 unspecified atom stereocenters. The van der Waals surface area contributed by atoms with E-state index in [0.717, 1.165) is 26.1 Å². The van der Waals surface area contributed by atoms with E-state index in [-0.39, 0.29) is 12.7 Å². The second-order valence-corrected chi connectivity index (χ2v) is 4.34. The second kappa shape index (κ2) is 5.80. The zero-order valence-electron chi connectivity index (χ0n) is 9.71. The molecule has 1 aliphatic rings. The van der Waals surface area contributed by atoms with Crippen molar-refractivity contribution in [3.63, 3.8) is 0 Å². The van der Waals surface area contributed by atoms with Gasteiger partial charge in [-0.25, -0.2) is 4.79 Å². The Hall–Kier alpha value is -1.39. The van der Waals surface area contributed by atoms with Crippen LogP contribution in [0.15, 0.2) is 30.3 Å². The van der Waals surface area contributed by atoms with Crippen molar-refractivity contribution in [1.29, 1.82) is 0 Å². The van der Waals surface area contributed by atoms with E-state index in [4.69, 9.17) is 9.84 Å². The van der Waals surface area contributed by atoms with E-state index in [2.05, 4.69) is 17.0 Å². The van der Waals surface area contributed by atoms with Gasteiger partial charge in [-0.05, 0) is 12.0 Å². The molecule has 0 spiro atoms. The largest absolute Gasteiger partial charge is 0.480 e. The van der Waals surface area contributed by atoms with Crippen LogP contribution in [0.3, 0.4) is 0 Å². The van der Waals surface area contributed by atoms with Gasteiger partial charge in [0.2, 0.25) is 0 Å². The molecule has 4 heteroatoms. The topological polar surface area (TPSA) is 49.8 Å². The van der Waals surface area contributed by atoms with Crippen molar-refractivity contribution in [1.82, 2.24) is 4.90 Å². The number of ether oxygens (including phenoxy) is 1. The number of hydrogen-bond donors (Lipinski definition) is 1. The van der Waals surface area contributed by atoms with Gasteiger partial charge in [0.25, 0.3) is 0 Å². The molecule has 1 aromatic rings. The van der Waals surface area contributed by atoms with Crippen molar-refractivity contribution in [2.24, 2.45) is 0 Å². The first-order valence-corrected chi connectivity index (χ1v) is 5.84. The average Bonchev–Trinajstić information content (AvgIpc) is 2.75. The van der Waals surface area contributed by atoms with Crippen LogP contribution in [0.1, 0.15) is 12.0 Å². The van der Waals surface area contributed by atoms with Gasteiger partial charge >= 0.3 is 5.97 Å². The highest BCUT2D eigenvalue weighted by molar-refractivity contribution is 5.68. The lowest BCUT2D eigenvalue weighted by Crippen LogP contribution is -2.24. The molecule has 0 bridgehead atoms. The molecule has 1 aliphatic heterocycles. The number of carboxylic acid groups (broad SMARTS) is 1. The molecule has 92 valence electrons. The molecular weight excluding hydrogens is 218 g/mol. The van der Waals surface area contributed by atoms with E-state index >= 15 is 0 Å². The van der Waals surface area contributed by atoms with Crippen molar-refractivity contribution >= 4 is 5.97 Å². The highest BCUT2D eigenvalue weighted by atomic mass is 16.5. The molecule has 1 heterocycles. The van der Waals surface area contributed by atoms with Crippen molar-refractivity contribution in [2.45, 2.75) is 19.1 Å². The highest BCUT2D eigenvalue weighted by Crippen LogP contribution is 2.15. The lowest BCUT2D eigenvalue weighted by molar-refractivity contribution is -0.144. The quantitative estimate of drug-likeness (QED) is 0.837. The lowest BCUT2D eigenvalue weighted by atomic mass is 10.2. The SMILES string of the molecule is O=C(O)COC1CCN(Cc2ccccc2)C1. The molecule has 0 amide bonds. The summed E-state index contributed by atoms with van der Waals surface area (Å²) in [5.41, 5.74) is 1.28. The highest BCUT2D eigenvalue weighted by Gasteiger charge is 2.23. The van der Waals surface area contributed by atoms with E-state index in [1.165, 1.54) is 5.56 Å².